The van der Waals surface area contributed by atoms with Crippen molar-refractivity contribution in [3.8, 4) is 11.1 Å². The van der Waals surface area contributed by atoms with Crippen LogP contribution in [0.15, 0.2) is 97.5 Å². The fourth-order valence-electron chi connectivity index (χ4n) is 4.75. The molecule has 196 valence electrons. The van der Waals surface area contributed by atoms with E-state index in [4.69, 9.17) is 0 Å². The average molecular weight is 529 g/mol. The molecule has 1 atom stereocenters. The van der Waals surface area contributed by atoms with E-state index in [9.17, 15) is 14.7 Å². The second kappa shape index (κ2) is 10.4. The fraction of sp³-hybridized carbons (Fsp3) is 0.0968. The molecule has 3 aromatic heterocycles. The van der Waals surface area contributed by atoms with Gasteiger partial charge in [-0.3, -0.25) is 14.8 Å². The lowest BCUT2D eigenvalue weighted by molar-refractivity contribution is 0.0696. The van der Waals surface area contributed by atoms with E-state index >= 15 is 0 Å². The average Bonchev–Trinajstić information content (AvgIpc) is 3.39. The van der Waals surface area contributed by atoms with Crippen molar-refractivity contribution < 1.29 is 14.7 Å². The summed E-state index contributed by atoms with van der Waals surface area (Å²) in [6.45, 7) is 1.86. The van der Waals surface area contributed by atoms with Crippen molar-refractivity contribution >= 4 is 28.4 Å². The number of aromatic carboxylic acids is 1. The summed E-state index contributed by atoms with van der Waals surface area (Å²) in [6.07, 6.45) is 5.64. The van der Waals surface area contributed by atoms with Gasteiger partial charge in [0.1, 0.15) is 5.52 Å². The standard InChI is InChI=1S/C31H24N6O3/c1-19(21-8-10-23(11-9-21)31(39)40)34-30(38)25-17-24(22-5-3-2-4-6-22)18-37-29(25)28(35-36-37)16-20-7-12-26-27(15-20)33-14-13-32-26/h2-15,17-19H,16H2,1H3,(H,34,38)(H,39,40)/t19-/m0/s1. The molecule has 0 bridgehead atoms. The molecular weight excluding hydrogens is 504 g/mol. The van der Waals surface area contributed by atoms with E-state index in [0.717, 1.165) is 33.3 Å². The number of rotatable bonds is 7. The minimum Gasteiger partial charge on any atom is -0.478 e. The molecule has 0 saturated carbocycles. The van der Waals surface area contributed by atoms with Crippen LogP contribution in [-0.4, -0.2) is 41.8 Å². The number of nitrogens with zero attached hydrogens (tertiary/aromatic N) is 5. The van der Waals surface area contributed by atoms with Gasteiger partial charge in [0.25, 0.3) is 5.91 Å². The Balaban J connectivity index is 1.39. The summed E-state index contributed by atoms with van der Waals surface area (Å²) in [5.74, 6) is -1.28. The lowest BCUT2D eigenvalue weighted by atomic mass is 10.0. The van der Waals surface area contributed by atoms with Crippen molar-refractivity contribution in [2.75, 3.05) is 0 Å². The number of amides is 1. The second-order valence-corrected chi connectivity index (χ2v) is 9.52. The highest BCUT2D eigenvalue weighted by atomic mass is 16.4. The third-order valence-electron chi connectivity index (χ3n) is 6.84. The van der Waals surface area contributed by atoms with Gasteiger partial charge in [0.15, 0.2) is 0 Å². The van der Waals surface area contributed by atoms with Gasteiger partial charge in [-0.15, -0.1) is 5.10 Å². The number of carbonyl (C=O) groups excluding carboxylic acids is 1. The molecule has 3 heterocycles. The largest absolute Gasteiger partial charge is 0.478 e. The van der Waals surface area contributed by atoms with Crippen LogP contribution in [0.5, 0.6) is 0 Å². The first-order valence-corrected chi connectivity index (χ1v) is 12.7. The maximum absolute atomic E-state index is 13.8. The molecule has 0 radical (unpaired) electrons. The number of carboxylic acids is 1. The molecule has 9 heteroatoms. The van der Waals surface area contributed by atoms with Crippen molar-refractivity contribution in [3.05, 3.63) is 125 Å². The predicted molar refractivity (Wildman–Crippen MR) is 150 cm³/mol. The van der Waals surface area contributed by atoms with Gasteiger partial charge < -0.3 is 10.4 Å². The Morgan fingerprint density at radius 1 is 0.900 bits per heavy atom. The molecule has 0 aliphatic heterocycles. The predicted octanol–water partition coefficient (Wildman–Crippen LogP) is 5.12. The summed E-state index contributed by atoms with van der Waals surface area (Å²) < 4.78 is 1.65. The monoisotopic (exact) mass is 528 g/mol. The van der Waals surface area contributed by atoms with Crippen LogP contribution in [0.25, 0.3) is 27.7 Å². The molecule has 0 saturated heterocycles. The zero-order valence-electron chi connectivity index (χ0n) is 21.5. The second-order valence-electron chi connectivity index (χ2n) is 9.52. The summed E-state index contributed by atoms with van der Waals surface area (Å²) in [7, 11) is 0. The lowest BCUT2D eigenvalue weighted by Crippen LogP contribution is -2.27. The van der Waals surface area contributed by atoms with Gasteiger partial charge >= 0.3 is 5.97 Å². The SMILES string of the molecule is C[C@H](NC(=O)c1cc(-c2ccccc2)cn2nnc(Cc3ccc4nccnc4c3)c12)c1ccc(C(=O)O)cc1. The van der Waals surface area contributed by atoms with Crippen LogP contribution in [0.3, 0.4) is 0 Å². The third-order valence-corrected chi connectivity index (χ3v) is 6.84. The molecule has 0 aliphatic carbocycles. The number of carboxylic acid groups (broad SMARTS) is 1. The van der Waals surface area contributed by atoms with Gasteiger partial charge in [-0.25, -0.2) is 9.31 Å². The van der Waals surface area contributed by atoms with E-state index in [1.807, 2.05) is 67.7 Å². The minimum atomic E-state index is -0.998. The van der Waals surface area contributed by atoms with Crippen molar-refractivity contribution in [2.24, 2.45) is 0 Å². The van der Waals surface area contributed by atoms with Crippen LogP contribution in [-0.2, 0) is 6.42 Å². The quantitative estimate of drug-likeness (QED) is 0.295. The van der Waals surface area contributed by atoms with Crippen molar-refractivity contribution in [1.29, 1.82) is 0 Å². The Morgan fingerprint density at radius 3 is 2.40 bits per heavy atom. The molecular formula is C31H24N6O3. The van der Waals surface area contributed by atoms with Gasteiger partial charge in [0.2, 0.25) is 0 Å². The molecule has 9 nitrogen and oxygen atoms in total. The van der Waals surface area contributed by atoms with E-state index in [0.29, 0.717) is 23.2 Å². The van der Waals surface area contributed by atoms with E-state index in [-0.39, 0.29) is 17.5 Å². The Kier molecular flexibility index (Phi) is 6.45. The summed E-state index contributed by atoms with van der Waals surface area (Å²) in [5.41, 5.74) is 7.02. The van der Waals surface area contributed by atoms with Crippen molar-refractivity contribution in [2.45, 2.75) is 19.4 Å². The first kappa shape index (κ1) is 24.9. The Hall–Kier alpha value is -5.44. The Labute approximate surface area is 229 Å². The molecule has 6 rings (SSSR count). The summed E-state index contributed by atoms with van der Waals surface area (Å²) >= 11 is 0. The van der Waals surface area contributed by atoms with Gasteiger partial charge in [-0.2, -0.15) is 0 Å². The van der Waals surface area contributed by atoms with Crippen LogP contribution in [0.2, 0.25) is 0 Å². The molecule has 3 aromatic carbocycles. The topological polar surface area (TPSA) is 122 Å². The van der Waals surface area contributed by atoms with Gasteiger partial charge in [-0.1, -0.05) is 53.7 Å². The first-order chi connectivity index (χ1) is 19.5. The summed E-state index contributed by atoms with van der Waals surface area (Å²) in [4.78, 5) is 33.8. The van der Waals surface area contributed by atoms with Gasteiger partial charge in [0, 0.05) is 30.6 Å². The van der Waals surface area contributed by atoms with Crippen molar-refractivity contribution in [3.63, 3.8) is 0 Å². The first-order valence-electron chi connectivity index (χ1n) is 12.7. The highest BCUT2D eigenvalue weighted by molar-refractivity contribution is 6.02. The summed E-state index contributed by atoms with van der Waals surface area (Å²) in [6, 6.07) is 23.6. The molecule has 40 heavy (non-hydrogen) atoms. The molecule has 0 unspecified atom stereocenters. The molecule has 2 N–H and O–H groups in total. The van der Waals surface area contributed by atoms with Crippen LogP contribution in [0, 0.1) is 0 Å². The Bertz CT molecular complexity index is 1870. The number of hydrogen-bond acceptors (Lipinski definition) is 6. The lowest BCUT2D eigenvalue weighted by Gasteiger charge is -2.16. The van der Waals surface area contributed by atoms with Crippen LogP contribution < -0.4 is 5.32 Å². The maximum atomic E-state index is 13.8. The number of hydrogen-bond donors (Lipinski definition) is 2. The molecule has 0 fully saturated rings. The van der Waals surface area contributed by atoms with Gasteiger partial charge in [-0.05, 0) is 53.9 Å². The molecule has 0 spiro atoms. The van der Waals surface area contributed by atoms with Crippen LogP contribution in [0.4, 0.5) is 0 Å². The zero-order chi connectivity index (χ0) is 27.6. The minimum absolute atomic E-state index is 0.189. The molecule has 0 aliphatic rings. The van der Waals surface area contributed by atoms with Crippen LogP contribution in [0.1, 0.15) is 50.5 Å². The fourth-order valence-corrected chi connectivity index (χ4v) is 4.75. The number of pyridine rings is 1. The highest BCUT2D eigenvalue weighted by Crippen LogP contribution is 2.27. The number of nitrogens with one attached hydrogen (secondary N) is 1. The smallest absolute Gasteiger partial charge is 0.335 e. The highest BCUT2D eigenvalue weighted by Gasteiger charge is 2.21. The van der Waals surface area contributed by atoms with Crippen molar-refractivity contribution in [1.82, 2.24) is 30.1 Å². The van der Waals surface area contributed by atoms with E-state index in [2.05, 4.69) is 25.6 Å². The number of benzene rings is 3. The van der Waals surface area contributed by atoms with Gasteiger partial charge in [0.05, 0.1) is 33.9 Å². The van der Waals surface area contributed by atoms with E-state index < -0.39 is 5.97 Å². The molecule has 1 amide bonds. The van der Waals surface area contributed by atoms with E-state index in [1.165, 1.54) is 12.1 Å². The third kappa shape index (κ3) is 4.88. The number of fused-ring (bicyclic) bond motifs is 2. The number of aromatic nitrogens is 5. The Morgan fingerprint density at radius 2 is 1.65 bits per heavy atom. The molecule has 6 aromatic rings. The normalized spacial score (nSPS) is 11.9. The van der Waals surface area contributed by atoms with E-state index in [1.54, 1.807) is 29.0 Å². The zero-order valence-corrected chi connectivity index (χ0v) is 21.5. The van der Waals surface area contributed by atoms with Crippen LogP contribution >= 0.6 is 0 Å². The maximum Gasteiger partial charge on any atom is 0.335 e. The summed E-state index contributed by atoms with van der Waals surface area (Å²) in [5, 5.41) is 21.1. The number of carbonyl (C=O) groups is 2.